The highest BCUT2D eigenvalue weighted by atomic mass is 16.6. The minimum Gasteiger partial charge on any atom is -0.351 e. The predicted octanol–water partition coefficient (Wildman–Crippen LogP) is 5.09. The molecular formula is C52H40N8O10. The lowest BCUT2D eigenvalue weighted by atomic mass is 9.92. The number of hydrogen-bond acceptors (Lipinski definition) is 12. The van der Waals surface area contributed by atoms with Crippen LogP contribution in [0, 0.1) is 10.1 Å². The number of anilines is 1. The zero-order valence-electron chi connectivity index (χ0n) is 37.1. The quantitative estimate of drug-likeness (QED) is 0.0430. The van der Waals surface area contributed by atoms with Crippen LogP contribution in [0.5, 0.6) is 0 Å². The maximum absolute atomic E-state index is 14.2. The Labute approximate surface area is 397 Å². The van der Waals surface area contributed by atoms with Gasteiger partial charge in [0, 0.05) is 80.5 Å². The average molecular weight is 937 g/mol. The van der Waals surface area contributed by atoms with Crippen LogP contribution in [-0.2, 0) is 0 Å². The fraction of sp³-hybridized carbons (Fsp3) is 0.154. The van der Waals surface area contributed by atoms with Crippen molar-refractivity contribution in [3.63, 3.8) is 0 Å². The molecule has 4 N–H and O–H groups in total. The van der Waals surface area contributed by atoms with E-state index >= 15 is 0 Å². The van der Waals surface area contributed by atoms with Crippen LogP contribution in [0.3, 0.4) is 0 Å². The van der Waals surface area contributed by atoms with Crippen LogP contribution in [0.2, 0.25) is 0 Å². The number of carbonyl (C=O) groups excluding carboxylic acids is 8. The summed E-state index contributed by atoms with van der Waals surface area (Å²) < 4.78 is 0. The highest BCUT2D eigenvalue weighted by Gasteiger charge is 2.40. The van der Waals surface area contributed by atoms with E-state index in [1.807, 2.05) is 48.5 Å². The van der Waals surface area contributed by atoms with Gasteiger partial charge in [-0.15, -0.1) is 0 Å². The van der Waals surface area contributed by atoms with Gasteiger partial charge in [-0.1, -0.05) is 60.7 Å². The fourth-order valence-corrected chi connectivity index (χ4v) is 9.20. The van der Waals surface area contributed by atoms with E-state index in [2.05, 4.69) is 21.3 Å². The van der Waals surface area contributed by atoms with E-state index in [-0.39, 0.29) is 85.7 Å². The van der Waals surface area contributed by atoms with Crippen molar-refractivity contribution in [1.82, 2.24) is 31.1 Å². The molecule has 18 heteroatoms. The highest BCUT2D eigenvalue weighted by Crippen LogP contribution is 2.38. The molecule has 0 unspecified atom stereocenters. The largest absolute Gasteiger partial charge is 0.351 e. The van der Waals surface area contributed by atoms with Gasteiger partial charge in [0.05, 0.1) is 32.9 Å². The minimum atomic E-state index is -1.02. The second-order valence-corrected chi connectivity index (χ2v) is 16.9. The molecule has 0 atom stereocenters. The number of imide groups is 3. The molecule has 7 aromatic carbocycles. The van der Waals surface area contributed by atoms with Gasteiger partial charge in [-0.25, -0.2) is 4.90 Å². The molecule has 0 fully saturated rings. The number of benzene rings is 7. The number of nitrogens with zero attached hydrogens (tertiary/aromatic N) is 4. The standard InChI is InChI=1S/C52H40N8O10/c61-45(55-16-14-53-18-20-57-47(63)38-25-30-6-1-2-7-31(30)26-39(38)48(57)64)34-22-35(24-36(23-34)59-51(67)37-11-5-10-29-12-13-42(60(69)70)44(43(29)37)52(59)68)46(62)56-17-15-54-19-21-58-49(65)40-27-32-8-3-4-9-33(32)28-41(40)50(58)66/h1-13,22-28,53-54H,14-21H2,(H,55,61)(H,56,62). The zero-order chi connectivity index (χ0) is 48.8. The molecule has 7 aromatic rings. The third kappa shape index (κ3) is 7.95. The number of nitrogens with one attached hydrogen (secondary N) is 4. The first kappa shape index (κ1) is 44.8. The van der Waals surface area contributed by atoms with Gasteiger partial charge in [0.25, 0.3) is 52.9 Å². The molecule has 0 aliphatic carbocycles. The lowest BCUT2D eigenvalue weighted by Gasteiger charge is -2.27. The van der Waals surface area contributed by atoms with Crippen LogP contribution in [0.1, 0.15) is 82.9 Å². The lowest BCUT2D eigenvalue weighted by Crippen LogP contribution is -2.41. The highest BCUT2D eigenvalue weighted by molar-refractivity contribution is 6.37. The number of hydrogen-bond donors (Lipinski definition) is 4. The molecule has 3 aliphatic heterocycles. The van der Waals surface area contributed by atoms with E-state index in [1.54, 1.807) is 36.4 Å². The summed E-state index contributed by atoms with van der Waals surface area (Å²) in [4.78, 5) is 123. The van der Waals surface area contributed by atoms with Gasteiger partial charge >= 0.3 is 0 Å². The fourth-order valence-electron chi connectivity index (χ4n) is 9.20. The van der Waals surface area contributed by atoms with E-state index in [9.17, 15) is 48.5 Å². The summed E-state index contributed by atoms with van der Waals surface area (Å²) in [5.41, 5.74) is 0.0977. The molecule has 0 saturated carbocycles. The maximum atomic E-state index is 14.2. The third-order valence-electron chi connectivity index (χ3n) is 12.6. The molecule has 10 rings (SSSR count). The van der Waals surface area contributed by atoms with E-state index in [0.717, 1.165) is 21.5 Å². The Morgan fingerprint density at radius 3 is 1.34 bits per heavy atom. The van der Waals surface area contributed by atoms with Crippen molar-refractivity contribution in [3.05, 3.63) is 176 Å². The molecule has 0 saturated heterocycles. The first-order valence-electron chi connectivity index (χ1n) is 22.4. The van der Waals surface area contributed by atoms with Crippen LogP contribution in [0.25, 0.3) is 32.3 Å². The van der Waals surface area contributed by atoms with Crippen LogP contribution < -0.4 is 26.2 Å². The van der Waals surface area contributed by atoms with Crippen LogP contribution in [-0.4, -0.2) is 114 Å². The molecule has 0 aromatic heterocycles. The van der Waals surface area contributed by atoms with Crippen molar-refractivity contribution >= 4 is 90.9 Å². The predicted molar refractivity (Wildman–Crippen MR) is 257 cm³/mol. The zero-order valence-corrected chi connectivity index (χ0v) is 37.1. The maximum Gasteiger partial charge on any atom is 0.282 e. The van der Waals surface area contributed by atoms with Gasteiger partial charge in [-0.05, 0) is 81.5 Å². The van der Waals surface area contributed by atoms with Gasteiger partial charge in [0.1, 0.15) is 5.56 Å². The van der Waals surface area contributed by atoms with Crippen molar-refractivity contribution in [2.75, 3.05) is 57.3 Å². The second kappa shape index (κ2) is 18.2. The summed E-state index contributed by atoms with van der Waals surface area (Å²) in [5, 5.41) is 27.8. The Morgan fingerprint density at radius 2 is 0.900 bits per heavy atom. The van der Waals surface area contributed by atoms with E-state index in [0.29, 0.717) is 32.5 Å². The number of amides is 8. The van der Waals surface area contributed by atoms with Crippen LogP contribution in [0.4, 0.5) is 11.4 Å². The smallest absolute Gasteiger partial charge is 0.282 e. The SMILES string of the molecule is O=C(NCCNCCN1C(=O)c2cc3ccccc3cc2C1=O)c1cc(C(=O)NCCNCCN2C(=O)c3cc4ccccc4cc3C2=O)cc(N2C(=O)c3cccc4ccc([N+](=O)[O-])c(c34)C2=O)c1. The minimum absolute atomic E-state index is 0.0121. The van der Waals surface area contributed by atoms with Gasteiger partial charge in [-0.2, -0.15) is 0 Å². The molecular weight excluding hydrogens is 897 g/mol. The molecule has 0 radical (unpaired) electrons. The molecule has 0 spiro atoms. The van der Waals surface area contributed by atoms with Crippen LogP contribution in [0.15, 0.2) is 121 Å². The molecule has 0 bridgehead atoms. The Hall–Kier alpha value is -9.00. The van der Waals surface area contributed by atoms with E-state index < -0.39 is 57.9 Å². The van der Waals surface area contributed by atoms with Crippen molar-refractivity contribution < 1.29 is 43.3 Å². The normalized spacial score (nSPS) is 14.0. The van der Waals surface area contributed by atoms with E-state index in [4.69, 9.17) is 0 Å². The van der Waals surface area contributed by atoms with Gasteiger partial charge in [0.15, 0.2) is 0 Å². The Morgan fingerprint density at radius 1 is 0.457 bits per heavy atom. The summed E-state index contributed by atoms with van der Waals surface area (Å²) in [5.74, 6) is -4.79. The summed E-state index contributed by atoms with van der Waals surface area (Å²) >= 11 is 0. The number of fused-ring (bicyclic) bond motifs is 4. The average Bonchev–Trinajstić information content (AvgIpc) is 3.74. The number of nitro benzene ring substituents is 1. The Kier molecular flexibility index (Phi) is 11.7. The third-order valence-corrected chi connectivity index (χ3v) is 12.6. The summed E-state index contributed by atoms with van der Waals surface area (Å²) in [6.07, 6.45) is 0. The molecule has 3 aliphatic rings. The van der Waals surface area contributed by atoms with Crippen molar-refractivity contribution in [2.45, 2.75) is 0 Å². The summed E-state index contributed by atoms with van der Waals surface area (Å²) in [6, 6.07) is 32.8. The first-order valence-corrected chi connectivity index (χ1v) is 22.4. The van der Waals surface area contributed by atoms with Gasteiger partial charge < -0.3 is 21.3 Å². The van der Waals surface area contributed by atoms with Gasteiger partial charge in [0.2, 0.25) is 0 Å². The van der Waals surface area contributed by atoms with E-state index in [1.165, 1.54) is 46.2 Å². The topological polar surface area (TPSA) is 238 Å². The Balaban J connectivity index is 0.804. The van der Waals surface area contributed by atoms with Gasteiger partial charge in [-0.3, -0.25) is 58.3 Å². The van der Waals surface area contributed by atoms with Crippen molar-refractivity contribution in [3.8, 4) is 0 Å². The lowest BCUT2D eigenvalue weighted by molar-refractivity contribution is -0.385. The molecule has 8 amide bonds. The molecule has 3 heterocycles. The van der Waals surface area contributed by atoms with Crippen molar-refractivity contribution in [2.24, 2.45) is 0 Å². The number of carbonyl (C=O) groups is 8. The summed E-state index contributed by atoms with van der Waals surface area (Å²) in [7, 11) is 0. The second-order valence-electron chi connectivity index (χ2n) is 16.9. The monoisotopic (exact) mass is 936 g/mol. The molecule has 18 nitrogen and oxygen atoms in total. The summed E-state index contributed by atoms with van der Waals surface area (Å²) in [6.45, 7) is 1.08. The molecule has 70 heavy (non-hydrogen) atoms. The number of nitro groups is 1. The van der Waals surface area contributed by atoms with Crippen molar-refractivity contribution in [1.29, 1.82) is 0 Å². The number of rotatable bonds is 16. The van der Waals surface area contributed by atoms with Crippen LogP contribution >= 0.6 is 0 Å². The Bertz CT molecular complexity index is 3210. The molecule has 348 valence electrons. The first-order chi connectivity index (χ1) is 33.9.